The molecule has 12 nitrogen and oxygen atoms in total. The van der Waals surface area contributed by atoms with Crippen LogP contribution < -0.4 is 16.0 Å². The van der Waals surface area contributed by atoms with Crippen molar-refractivity contribution in [1.29, 1.82) is 0 Å². The summed E-state index contributed by atoms with van der Waals surface area (Å²) >= 11 is 0. The summed E-state index contributed by atoms with van der Waals surface area (Å²) in [6.45, 7) is 0.685. The van der Waals surface area contributed by atoms with Gasteiger partial charge in [-0.15, -0.1) is 0 Å². The lowest BCUT2D eigenvalue weighted by Gasteiger charge is -2.23. The number of allylic oxidation sites excluding steroid dienone is 1. The Morgan fingerprint density at radius 1 is 0.953 bits per heavy atom. The van der Waals surface area contributed by atoms with Crippen LogP contribution in [0.3, 0.4) is 0 Å². The first-order valence-corrected chi connectivity index (χ1v) is 13.9. The van der Waals surface area contributed by atoms with Crippen LogP contribution in [0.15, 0.2) is 72.8 Å². The van der Waals surface area contributed by atoms with E-state index in [1.807, 2.05) is 12.1 Å². The molecule has 2 aromatic rings. The lowest BCUT2D eigenvalue weighted by Crippen LogP contribution is -2.50. The Labute approximate surface area is 249 Å². The zero-order chi connectivity index (χ0) is 31.0. The molecule has 0 saturated carbocycles. The molecule has 12 heteroatoms. The number of carbonyl (C=O) groups excluding carboxylic acids is 5. The lowest BCUT2D eigenvalue weighted by atomic mass is 9.98. The summed E-state index contributed by atoms with van der Waals surface area (Å²) in [5, 5.41) is 16.9. The number of hydrogen-bond donors (Lipinski definition) is 4. The summed E-state index contributed by atoms with van der Waals surface area (Å²) in [5.41, 5.74) is 1.47. The van der Waals surface area contributed by atoms with Crippen molar-refractivity contribution in [3.05, 3.63) is 83.9 Å². The molecule has 0 aromatic heterocycles. The van der Waals surface area contributed by atoms with E-state index in [1.165, 1.54) is 0 Å². The van der Waals surface area contributed by atoms with E-state index in [-0.39, 0.29) is 39.1 Å². The van der Waals surface area contributed by atoms with E-state index < -0.39 is 60.5 Å². The fraction of sp³-hybridized carbons (Fsp3) is 0.387. The number of nitrogens with one attached hydrogen (secondary N) is 3. The van der Waals surface area contributed by atoms with Crippen LogP contribution in [0.5, 0.6) is 0 Å². The molecule has 0 spiro atoms. The van der Waals surface area contributed by atoms with Crippen LogP contribution in [0.4, 0.5) is 4.79 Å². The van der Waals surface area contributed by atoms with Crippen molar-refractivity contribution in [1.82, 2.24) is 16.0 Å². The molecular weight excluding hydrogens is 558 g/mol. The van der Waals surface area contributed by atoms with Crippen molar-refractivity contribution in [3.63, 3.8) is 0 Å². The van der Waals surface area contributed by atoms with Gasteiger partial charge < -0.3 is 35.3 Å². The van der Waals surface area contributed by atoms with Crippen LogP contribution in [0.2, 0.25) is 0 Å². The number of aliphatic hydroxyl groups is 1. The molecule has 0 radical (unpaired) electrons. The first kappa shape index (κ1) is 32.8. The number of esters is 2. The van der Waals surface area contributed by atoms with E-state index >= 15 is 0 Å². The molecule has 0 bridgehead atoms. The average molecular weight is 596 g/mol. The molecule has 1 aliphatic rings. The molecular formula is C31H37N3O9. The summed E-state index contributed by atoms with van der Waals surface area (Å²) in [5.74, 6) is -3.65. The Kier molecular flexibility index (Phi) is 13.2. The van der Waals surface area contributed by atoms with Crippen LogP contribution in [-0.4, -0.2) is 66.3 Å². The standard InChI is InChI=1S/C31H37N3O9/c1-21(17-35)32-27(36)16-24-14-8-9-15-25(34-31(40)43-19-23-12-6-3-7-13-23)29(38)42-20-26(33-28(24)37)30(39)41-18-22-10-4-2-5-11-22/h2-13,21,24-26,35H,14-20H2,1H3,(H,32,36)(H,33,37)(H,34,40)/t21-,24+,25+,26+/m0/s1. The van der Waals surface area contributed by atoms with Crippen LogP contribution in [0.25, 0.3) is 0 Å². The summed E-state index contributed by atoms with van der Waals surface area (Å²) in [6.07, 6.45) is 2.23. The molecule has 1 aliphatic heterocycles. The van der Waals surface area contributed by atoms with E-state index in [4.69, 9.17) is 14.2 Å². The fourth-order valence-corrected chi connectivity index (χ4v) is 4.05. The molecule has 1 heterocycles. The second kappa shape index (κ2) is 17.3. The predicted octanol–water partition coefficient (Wildman–Crippen LogP) is 1.91. The molecule has 3 amide bonds. The molecule has 0 fully saturated rings. The monoisotopic (exact) mass is 595 g/mol. The summed E-state index contributed by atoms with van der Waals surface area (Å²) in [4.78, 5) is 64.1. The molecule has 2 aromatic carbocycles. The second-order valence-corrected chi connectivity index (χ2v) is 10.0. The Morgan fingerprint density at radius 3 is 2.19 bits per heavy atom. The fourth-order valence-electron chi connectivity index (χ4n) is 4.05. The largest absolute Gasteiger partial charge is 0.461 e. The molecule has 0 saturated heterocycles. The maximum Gasteiger partial charge on any atom is 0.408 e. The van der Waals surface area contributed by atoms with E-state index in [1.54, 1.807) is 67.6 Å². The van der Waals surface area contributed by atoms with Crippen molar-refractivity contribution < 1.29 is 43.3 Å². The van der Waals surface area contributed by atoms with Gasteiger partial charge >= 0.3 is 18.0 Å². The number of aliphatic hydroxyl groups excluding tert-OH is 1. The van der Waals surface area contributed by atoms with Gasteiger partial charge in [0.2, 0.25) is 11.8 Å². The highest BCUT2D eigenvalue weighted by molar-refractivity contribution is 5.89. The van der Waals surface area contributed by atoms with E-state index in [2.05, 4.69) is 16.0 Å². The number of alkyl carbamates (subject to hydrolysis) is 1. The molecule has 4 atom stereocenters. The molecule has 3 rings (SSSR count). The topological polar surface area (TPSA) is 169 Å². The van der Waals surface area contributed by atoms with Crippen LogP contribution >= 0.6 is 0 Å². The highest BCUT2D eigenvalue weighted by Crippen LogP contribution is 2.14. The normalized spacial score (nSPS) is 19.8. The summed E-state index contributed by atoms with van der Waals surface area (Å²) in [6, 6.07) is 14.9. The number of benzene rings is 2. The molecule has 230 valence electrons. The minimum absolute atomic E-state index is 0.00444. The van der Waals surface area contributed by atoms with Gasteiger partial charge in [-0.3, -0.25) is 9.59 Å². The number of carbonyl (C=O) groups is 5. The Bertz CT molecular complexity index is 1250. The SMILES string of the molecule is C[C@@H](CO)NC(=O)C[C@H]1CC=CC[C@@H](NC(=O)OCc2ccccc2)C(=O)OC[C@H](C(=O)OCc2ccccc2)NC1=O. The van der Waals surface area contributed by atoms with Gasteiger partial charge in [-0.1, -0.05) is 72.8 Å². The van der Waals surface area contributed by atoms with Gasteiger partial charge in [0.15, 0.2) is 6.04 Å². The van der Waals surface area contributed by atoms with Gasteiger partial charge in [-0.05, 0) is 30.9 Å². The third-order valence-electron chi connectivity index (χ3n) is 6.45. The van der Waals surface area contributed by atoms with Gasteiger partial charge in [0, 0.05) is 12.5 Å². The minimum Gasteiger partial charge on any atom is -0.461 e. The molecule has 43 heavy (non-hydrogen) atoms. The maximum absolute atomic E-state index is 13.2. The van der Waals surface area contributed by atoms with E-state index in [9.17, 15) is 29.1 Å². The average Bonchev–Trinajstić information content (AvgIpc) is 3.01. The van der Waals surface area contributed by atoms with Gasteiger partial charge in [0.25, 0.3) is 0 Å². The van der Waals surface area contributed by atoms with Gasteiger partial charge in [-0.25, -0.2) is 14.4 Å². The number of amides is 3. The predicted molar refractivity (Wildman–Crippen MR) is 154 cm³/mol. The third-order valence-corrected chi connectivity index (χ3v) is 6.45. The highest BCUT2D eigenvalue weighted by Gasteiger charge is 2.31. The molecule has 4 N–H and O–H groups in total. The van der Waals surface area contributed by atoms with Crippen LogP contribution in [0.1, 0.15) is 37.3 Å². The highest BCUT2D eigenvalue weighted by atomic mass is 16.6. The van der Waals surface area contributed by atoms with Gasteiger partial charge in [-0.2, -0.15) is 0 Å². The third kappa shape index (κ3) is 11.6. The molecule has 0 unspecified atom stereocenters. The summed E-state index contributed by atoms with van der Waals surface area (Å²) in [7, 11) is 0. The summed E-state index contributed by atoms with van der Waals surface area (Å²) < 4.78 is 15.9. The smallest absolute Gasteiger partial charge is 0.408 e. The maximum atomic E-state index is 13.2. The number of cyclic esters (lactones) is 1. The first-order valence-electron chi connectivity index (χ1n) is 13.9. The van der Waals surface area contributed by atoms with Gasteiger partial charge in [0.1, 0.15) is 25.9 Å². The van der Waals surface area contributed by atoms with Crippen molar-refractivity contribution in [2.45, 2.75) is 57.5 Å². The quantitative estimate of drug-likeness (QED) is 0.182. The Balaban J connectivity index is 1.73. The van der Waals surface area contributed by atoms with Crippen molar-refractivity contribution in [3.8, 4) is 0 Å². The number of hydrogen-bond acceptors (Lipinski definition) is 9. The van der Waals surface area contributed by atoms with Crippen molar-refractivity contribution in [2.24, 2.45) is 5.92 Å². The van der Waals surface area contributed by atoms with Crippen LogP contribution in [-0.2, 0) is 46.6 Å². The Morgan fingerprint density at radius 2 is 1.56 bits per heavy atom. The molecule has 0 aliphatic carbocycles. The zero-order valence-corrected chi connectivity index (χ0v) is 23.9. The van der Waals surface area contributed by atoms with Crippen LogP contribution in [0, 0.1) is 5.92 Å². The lowest BCUT2D eigenvalue weighted by molar-refractivity contribution is -0.156. The van der Waals surface area contributed by atoms with Crippen molar-refractivity contribution >= 4 is 29.8 Å². The minimum atomic E-state index is -1.38. The number of ether oxygens (including phenoxy) is 3. The zero-order valence-electron chi connectivity index (χ0n) is 23.9. The number of rotatable bonds is 10. The van der Waals surface area contributed by atoms with Crippen molar-refractivity contribution in [2.75, 3.05) is 13.2 Å². The van der Waals surface area contributed by atoms with Gasteiger partial charge in [0.05, 0.1) is 12.5 Å². The Hall–Kier alpha value is -4.71. The second-order valence-electron chi connectivity index (χ2n) is 10.0. The first-order chi connectivity index (χ1) is 20.7. The van der Waals surface area contributed by atoms with E-state index in [0.717, 1.165) is 5.56 Å². The van der Waals surface area contributed by atoms with E-state index in [0.29, 0.717) is 5.56 Å².